The van der Waals surface area contributed by atoms with E-state index in [4.69, 9.17) is 11.1 Å². The number of amidine groups is 1. The Balaban J connectivity index is 2.36. The second-order valence-corrected chi connectivity index (χ2v) is 7.27. The molecule has 0 aromatic heterocycles. The number of hydrogen-bond acceptors (Lipinski definition) is 3. The Kier molecular flexibility index (Phi) is 4.39. The molecule has 0 amide bonds. The van der Waals surface area contributed by atoms with Gasteiger partial charge in [0.05, 0.1) is 10.4 Å². The lowest BCUT2D eigenvalue weighted by Crippen LogP contribution is -2.56. The summed E-state index contributed by atoms with van der Waals surface area (Å²) in [7, 11) is -3.68. The summed E-state index contributed by atoms with van der Waals surface area (Å²) >= 11 is 0. The van der Waals surface area contributed by atoms with Crippen LogP contribution < -0.4 is 10.5 Å². The van der Waals surface area contributed by atoms with Crippen LogP contribution in [0.2, 0.25) is 0 Å². The molecule has 0 saturated heterocycles. The van der Waals surface area contributed by atoms with Gasteiger partial charge in [-0.25, -0.2) is 8.42 Å². The number of fused-ring (bicyclic) bond motifs is 1. The Labute approximate surface area is 126 Å². The molecule has 0 aliphatic heterocycles. The summed E-state index contributed by atoms with van der Waals surface area (Å²) in [5.74, 6) is -0.141. The highest BCUT2D eigenvalue weighted by Crippen LogP contribution is 2.26. The van der Waals surface area contributed by atoms with Crippen LogP contribution in [0.1, 0.15) is 44.2 Å². The van der Waals surface area contributed by atoms with Gasteiger partial charge >= 0.3 is 0 Å². The van der Waals surface area contributed by atoms with Crippen LogP contribution in [0.15, 0.2) is 23.1 Å². The van der Waals surface area contributed by atoms with Crippen molar-refractivity contribution in [2.45, 2.75) is 56.4 Å². The van der Waals surface area contributed by atoms with Gasteiger partial charge in [0.15, 0.2) is 0 Å². The molecule has 5 nitrogen and oxygen atoms in total. The molecule has 2 rings (SSSR count). The zero-order chi connectivity index (χ0) is 15.7. The number of rotatable bonds is 6. The molecule has 1 aromatic carbocycles. The number of aryl methyl sites for hydroxylation is 2. The van der Waals surface area contributed by atoms with Crippen LogP contribution in [-0.2, 0) is 22.9 Å². The molecule has 0 bridgehead atoms. The molecular weight excluding hydrogens is 286 g/mol. The van der Waals surface area contributed by atoms with Crippen molar-refractivity contribution in [3.8, 4) is 0 Å². The van der Waals surface area contributed by atoms with Gasteiger partial charge in [-0.1, -0.05) is 19.9 Å². The Morgan fingerprint density at radius 1 is 1.29 bits per heavy atom. The van der Waals surface area contributed by atoms with Gasteiger partial charge in [0, 0.05) is 0 Å². The average molecular weight is 309 g/mol. The van der Waals surface area contributed by atoms with Gasteiger partial charge in [-0.05, 0) is 55.4 Å². The summed E-state index contributed by atoms with van der Waals surface area (Å²) in [5, 5.41) is 7.72. The maximum Gasteiger partial charge on any atom is 0.241 e. The van der Waals surface area contributed by atoms with Crippen molar-refractivity contribution >= 4 is 15.9 Å². The van der Waals surface area contributed by atoms with E-state index in [1.165, 1.54) is 5.56 Å². The molecule has 0 atom stereocenters. The Bertz CT molecular complexity index is 649. The minimum absolute atomic E-state index is 0.141. The van der Waals surface area contributed by atoms with Crippen LogP contribution in [0.4, 0.5) is 0 Å². The molecule has 1 aliphatic rings. The second kappa shape index (κ2) is 5.77. The van der Waals surface area contributed by atoms with Gasteiger partial charge in [0.1, 0.15) is 5.84 Å². The van der Waals surface area contributed by atoms with E-state index < -0.39 is 15.6 Å². The summed E-state index contributed by atoms with van der Waals surface area (Å²) in [6, 6.07) is 5.29. The monoisotopic (exact) mass is 309 g/mol. The highest BCUT2D eigenvalue weighted by atomic mass is 32.2. The molecule has 116 valence electrons. The SMILES string of the molecule is CCC(CC)(NS(=O)(=O)c1ccc2c(c1)CCC2)C(=N)N. The van der Waals surface area contributed by atoms with E-state index in [-0.39, 0.29) is 10.7 Å². The fraction of sp³-hybridized carbons (Fsp3) is 0.533. The van der Waals surface area contributed by atoms with E-state index in [9.17, 15) is 8.42 Å². The lowest BCUT2D eigenvalue weighted by molar-refractivity contribution is 0.458. The zero-order valence-corrected chi connectivity index (χ0v) is 13.4. The molecule has 0 unspecified atom stereocenters. The summed E-state index contributed by atoms with van der Waals surface area (Å²) in [5.41, 5.74) is 6.97. The maximum absolute atomic E-state index is 12.6. The van der Waals surface area contributed by atoms with Crippen LogP contribution in [0.5, 0.6) is 0 Å². The van der Waals surface area contributed by atoms with Gasteiger partial charge in [0.2, 0.25) is 10.0 Å². The van der Waals surface area contributed by atoms with Crippen LogP contribution in [0, 0.1) is 5.41 Å². The van der Waals surface area contributed by atoms with Crippen molar-refractivity contribution < 1.29 is 8.42 Å². The first-order valence-corrected chi connectivity index (χ1v) is 8.83. The normalized spacial score (nSPS) is 15.0. The van der Waals surface area contributed by atoms with Crippen LogP contribution >= 0.6 is 0 Å². The molecular formula is C15H23N3O2S. The third-order valence-electron chi connectivity index (χ3n) is 4.43. The predicted molar refractivity (Wildman–Crippen MR) is 84.0 cm³/mol. The van der Waals surface area contributed by atoms with E-state index in [0.29, 0.717) is 12.8 Å². The lowest BCUT2D eigenvalue weighted by Gasteiger charge is -2.31. The van der Waals surface area contributed by atoms with Crippen molar-refractivity contribution in [1.29, 1.82) is 5.41 Å². The van der Waals surface area contributed by atoms with E-state index >= 15 is 0 Å². The van der Waals surface area contributed by atoms with Crippen molar-refractivity contribution in [3.63, 3.8) is 0 Å². The first-order chi connectivity index (χ1) is 9.84. The standard InChI is InChI=1S/C15H23N3O2S/c1-3-15(4-2,14(16)17)18-21(19,20)13-9-8-11-6-5-7-12(11)10-13/h8-10,18H,3-7H2,1-2H3,(H3,16,17). The summed E-state index contributed by atoms with van der Waals surface area (Å²) in [4.78, 5) is 0.260. The molecule has 0 saturated carbocycles. The largest absolute Gasteiger partial charge is 0.386 e. The smallest absolute Gasteiger partial charge is 0.241 e. The van der Waals surface area contributed by atoms with Crippen LogP contribution in [-0.4, -0.2) is 19.8 Å². The number of sulfonamides is 1. The Morgan fingerprint density at radius 2 is 1.90 bits per heavy atom. The molecule has 6 heteroatoms. The van der Waals surface area contributed by atoms with Crippen LogP contribution in [0.3, 0.4) is 0 Å². The van der Waals surface area contributed by atoms with E-state index in [1.54, 1.807) is 12.1 Å². The molecule has 0 radical (unpaired) electrons. The van der Waals surface area contributed by atoms with E-state index in [2.05, 4.69) is 4.72 Å². The van der Waals surface area contributed by atoms with E-state index in [0.717, 1.165) is 24.8 Å². The highest BCUT2D eigenvalue weighted by Gasteiger charge is 2.35. The van der Waals surface area contributed by atoms with Gasteiger partial charge in [-0.15, -0.1) is 0 Å². The number of hydrogen-bond donors (Lipinski definition) is 3. The minimum Gasteiger partial charge on any atom is -0.386 e. The molecule has 21 heavy (non-hydrogen) atoms. The van der Waals surface area contributed by atoms with Gasteiger partial charge < -0.3 is 5.73 Å². The summed E-state index contributed by atoms with van der Waals surface area (Å²) in [6.45, 7) is 3.66. The molecule has 4 N–H and O–H groups in total. The van der Waals surface area contributed by atoms with Crippen molar-refractivity contribution in [2.75, 3.05) is 0 Å². The fourth-order valence-corrected chi connectivity index (χ4v) is 4.44. The minimum atomic E-state index is -3.68. The Hall–Kier alpha value is -1.40. The third kappa shape index (κ3) is 2.96. The first kappa shape index (κ1) is 16.0. The summed E-state index contributed by atoms with van der Waals surface area (Å²) < 4.78 is 27.8. The van der Waals surface area contributed by atoms with Crippen LogP contribution in [0.25, 0.3) is 0 Å². The molecule has 0 fully saturated rings. The lowest BCUT2D eigenvalue weighted by atomic mass is 9.93. The van der Waals surface area contributed by atoms with Gasteiger partial charge in [-0.3, -0.25) is 5.41 Å². The fourth-order valence-electron chi connectivity index (χ4n) is 2.86. The van der Waals surface area contributed by atoms with Gasteiger partial charge in [-0.2, -0.15) is 4.72 Å². The quantitative estimate of drug-likeness (QED) is 0.553. The second-order valence-electron chi connectivity index (χ2n) is 5.59. The zero-order valence-electron chi connectivity index (χ0n) is 12.6. The number of nitrogens with one attached hydrogen (secondary N) is 2. The first-order valence-electron chi connectivity index (χ1n) is 7.35. The van der Waals surface area contributed by atoms with Crippen molar-refractivity contribution in [1.82, 2.24) is 4.72 Å². The number of nitrogens with two attached hydrogens (primary N) is 1. The van der Waals surface area contributed by atoms with Gasteiger partial charge in [0.25, 0.3) is 0 Å². The third-order valence-corrected chi connectivity index (χ3v) is 5.97. The highest BCUT2D eigenvalue weighted by molar-refractivity contribution is 7.89. The topological polar surface area (TPSA) is 96.0 Å². The maximum atomic E-state index is 12.6. The van der Waals surface area contributed by atoms with Crippen molar-refractivity contribution in [3.05, 3.63) is 29.3 Å². The molecule has 1 aromatic rings. The average Bonchev–Trinajstić information content (AvgIpc) is 2.91. The van der Waals surface area contributed by atoms with E-state index in [1.807, 2.05) is 19.9 Å². The number of benzene rings is 1. The predicted octanol–water partition coefficient (Wildman–Crippen LogP) is 1.95. The molecule has 0 spiro atoms. The van der Waals surface area contributed by atoms with Crippen molar-refractivity contribution in [2.24, 2.45) is 5.73 Å². The Morgan fingerprint density at radius 3 is 2.48 bits per heavy atom. The summed E-state index contributed by atoms with van der Waals surface area (Å²) in [6.07, 6.45) is 3.92. The molecule has 1 aliphatic carbocycles. The molecule has 0 heterocycles.